The number of hydrogen-bond donors (Lipinski definition) is 5. The minimum Gasteiger partial charge on any atom is -0.507 e. The number of phenolic OH excluding ortho intramolecular Hbond substituents is 1. The molecule has 1 fully saturated rings. The van der Waals surface area contributed by atoms with Crippen LogP contribution >= 0.6 is 0 Å². The van der Waals surface area contributed by atoms with E-state index in [0.717, 1.165) is 0 Å². The molecular weight excluding hydrogens is 396 g/mol. The number of fused-ring (bicyclic) bond motifs is 2. The summed E-state index contributed by atoms with van der Waals surface area (Å²) in [6.07, 6.45) is -7.64. The molecule has 2 aliphatic rings. The van der Waals surface area contributed by atoms with Crippen LogP contribution in [0.15, 0.2) is 30.3 Å². The van der Waals surface area contributed by atoms with Crippen molar-refractivity contribution in [3.8, 4) is 11.5 Å². The van der Waals surface area contributed by atoms with E-state index in [0.29, 0.717) is 5.56 Å². The van der Waals surface area contributed by atoms with Crippen LogP contribution in [0, 0.1) is 6.92 Å². The Kier molecular flexibility index (Phi) is 5.08. The number of carbonyl (C=O) groups is 2. The van der Waals surface area contributed by atoms with Gasteiger partial charge in [0.25, 0.3) is 0 Å². The number of rotatable bonds is 3. The summed E-state index contributed by atoms with van der Waals surface area (Å²) in [5.74, 6) is -1.56. The molecule has 2 aromatic carbocycles. The molecule has 1 aliphatic heterocycles. The number of aromatic hydroxyl groups is 1. The predicted molar refractivity (Wildman–Crippen MR) is 101 cm³/mol. The summed E-state index contributed by atoms with van der Waals surface area (Å²) in [5, 5.41) is 49.6. The van der Waals surface area contributed by atoms with Gasteiger partial charge in [-0.15, -0.1) is 0 Å². The lowest BCUT2D eigenvalue weighted by molar-refractivity contribution is -0.277. The predicted octanol–water partition coefficient (Wildman–Crippen LogP) is -0.345. The summed E-state index contributed by atoms with van der Waals surface area (Å²) in [7, 11) is 0. The Morgan fingerprint density at radius 1 is 0.967 bits per heavy atom. The van der Waals surface area contributed by atoms with Crippen molar-refractivity contribution in [1.82, 2.24) is 0 Å². The molecule has 1 saturated heterocycles. The highest BCUT2D eigenvalue weighted by Gasteiger charge is 2.45. The van der Waals surface area contributed by atoms with Gasteiger partial charge >= 0.3 is 0 Å². The van der Waals surface area contributed by atoms with Crippen molar-refractivity contribution >= 4 is 11.6 Å². The molecule has 0 spiro atoms. The SMILES string of the molecule is Cc1cc(O[C@@H]2O[C@@H](CO)[C@H](O)[C@@H](O)[C@@H]2O)c2c(c1)C(=O)c1cccc(O)c1C2=O. The Hall–Kier alpha value is -2.82. The first kappa shape index (κ1) is 20.5. The summed E-state index contributed by atoms with van der Waals surface area (Å²) in [5.41, 5.74) is 0.446. The Morgan fingerprint density at radius 3 is 2.40 bits per heavy atom. The number of benzene rings is 2. The highest BCUT2D eigenvalue weighted by atomic mass is 16.7. The summed E-state index contributed by atoms with van der Waals surface area (Å²) in [6.45, 7) is 1.03. The molecule has 0 unspecified atom stereocenters. The maximum absolute atomic E-state index is 13.1. The molecule has 9 heteroatoms. The monoisotopic (exact) mass is 416 g/mol. The maximum atomic E-state index is 13.1. The Morgan fingerprint density at radius 2 is 1.70 bits per heavy atom. The topological polar surface area (TPSA) is 154 Å². The van der Waals surface area contributed by atoms with Crippen molar-refractivity contribution in [2.45, 2.75) is 37.6 Å². The average molecular weight is 416 g/mol. The molecule has 158 valence electrons. The third kappa shape index (κ3) is 3.08. The standard InChI is InChI=1S/C21H20O9/c1-8-5-10-15(18(26)14-9(16(10)24)3-2-4-11(14)23)12(6-8)29-21-20(28)19(27)17(25)13(7-22)30-21/h2-6,13,17,19-23,25,27-28H,7H2,1H3/t13-,17-,19+,20-,21+/m0/s1. The fourth-order valence-corrected chi connectivity index (χ4v) is 3.79. The van der Waals surface area contributed by atoms with Gasteiger partial charge in [0, 0.05) is 11.1 Å². The normalized spacial score (nSPS) is 28.1. The van der Waals surface area contributed by atoms with E-state index in [-0.39, 0.29) is 33.8 Å². The smallest absolute Gasteiger partial charge is 0.229 e. The summed E-state index contributed by atoms with van der Waals surface area (Å²) in [4.78, 5) is 26.1. The number of ketones is 2. The van der Waals surface area contributed by atoms with Gasteiger partial charge in [0.15, 0.2) is 5.78 Å². The minimum atomic E-state index is -1.69. The van der Waals surface area contributed by atoms with Gasteiger partial charge in [0.2, 0.25) is 12.1 Å². The van der Waals surface area contributed by atoms with E-state index in [9.17, 15) is 35.1 Å². The average Bonchev–Trinajstić information content (AvgIpc) is 2.71. The van der Waals surface area contributed by atoms with Gasteiger partial charge in [-0.3, -0.25) is 9.59 Å². The molecule has 0 radical (unpaired) electrons. The van der Waals surface area contributed by atoms with Gasteiger partial charge < -0.3 is 35.0 Å². The van der Waals surface area contributed by atoms with E-state index in [1.165, 1.54) is 30.3 Å². The van der Waals surface area contributed by atoms with Crippen molar-refractivity contribution in [3.63, 3.8) is 0 Å². The lowest BCUT2D eigenvalue weighted by Gasteiger charge is -2.39. The summed E-state index contributed by atoms with van der Waals surface area (Å²) >= 11 is 0. The van der Waals surface area contributed by atoms with Crippen molar-refractivity contribution < 1.29 is 44.6 Å². The molecular formula is C21H20O9. The molecule has 2 aromatic rings. The van der Waals surface area contributed by atoms with Crippen molar-refractivity contribution in [2.24, 2.45) is 0 Å². The number of carbonyl (C=O) groups excluding carboxylic acids is 2. The van der Waals surface area contributed by atoms with Gasteiger partial charge in [-0.05, 0) is 30.7 Å². The van der Waals surface area contributed by atoms with Crippen molar-refractivity contribution in [3.05, 3.63) is 58.1 Å². The lowest BCUT2D eigenvalue weighted by Crippen LogP contribution is -2.60. The number of aliphatic hydroxyl groups excluding tert-OH is 4. The molecule has 4 rings (SSSR count). The second-order valence-electron chi connectivity index (χ2n) is 7.36. The molecule has 5 atom stereocenters. The molecule has 0 amide bonds. The Labute approximate surface area is 170 Å². The summed E-state index contributed by atoms with van der Waals surface area (Å²) < 4.78 is 11.0. The number of ether oxygens (including phenoxy) is 2. The number of hydrogen-bond acceptors (Lipinski definition) is 9. The Bertz CT molecular complexity index is 1030. The highest BCUT2D eigenvalue weighted by molar-refractivity contribution is 6.30. The first-order chi connectivity index (χ1) is 14.2. The number of phenols is 1. The Balaban J connectivity index is 1.78. The lowest BCUT2D eigenvalue weighted by atomic mass is 9.82. The quantitative estimate of drug-likeness (QED) is 0.386. The van der Waals surface area contributed by atoms with E-state index in [1.807, 2.05) is 0 Å². The van der Waals surface area contributed by atoms with Crippen molar-refractivity contribution in [2.75, 3.05) is 6.61 Å². The van der Waals surface area contributed by atoms with Gasteiger partial charge in [0.05, 0.1) is 17.7 Å². The zero-order valence-corrected chi connectivity index (χ0v) is 15.8. The second kappa shape index (κ2) is 7.46. The molecule has 30 heavy (non-hydrogen) atoms. The summed E-state index contributed by atoms with van der Waals surface area (Å²) in [6, 6.07) is 7.17. The van der Waals surface area contributed by atoms with Crippen LogP contribution in [-0.4, -0.2) is 74.4 Å². The molecule has 0 saturated carbocycles. The van der Waals surface area contributed by atoms with E-state index in [4.69, 9.17) is 9.47 Å². The minimum absolute atomic E-state index is 0.0666. The highest BCUT2D eigenvalue weighted by Crippen LogP contribution is 2.38. The van der Waals surface area contributed by atoms with Crippen LogP contribution in [0.1, 0.15) is 37.4 Å². The van der Waals surface area contributed by atoms with E-state index < -0.39 is 48.9 Å². The number of aliphatic hydroxyl groups is 4. The van der Waals surface area contributed by atoms with E-state index >= 15 is 0 Å². The molecule has 0 aromatic heterocycles. The van der Waals surface area contributed by atoms with Gasteiger partial charge in [-0.1, -0.05) is 12.1 Å². The maximum Gasteiger partial charge on any atom is 0.229 e. The molecule has 5 N–H and O–H groups in total. The van der Waals surface area contributed by atoms with Crippen LogP contribution in [0.25, 0.3) is 0 Å². The largest absolute Gasteiger partial charge is 0.507 e. The van der Waals surface area contributed by atoms with Crippen LogP contribution in [0.3, 0.4) is 0 Å². The first-order valence-electron chi connectivity index (χ1n) is 9.27. The molecule has 0 bridgehead atoms. The third-order valence-electron chi connectivity index (χ3n) is 5.32. The third-order valence-corrected chi connectivity index (χ3v) is 5.32. The van der Waals surface area contributed by atoms with Crippen molar-refractivity contribution in [1.29, 1.82) is 0 Å². The van der Waals surface area contributed by atoms with Gasteiger partial charge in [-0.2, -0.15) is 0 Å². The first-order valence-corrected chi connectivity index (χ1v) is 9.27. The van der Waals surface area contributed by atoms with Gasteiger partial charge in [-0.25, -0.2) is 0 Å². The number of aryl methyl sites for hydroxylation is 1. The van der Waals surface area contributed by atoms with Crippen LogP contribution in [0.5, 0.6) is 11.5 Å². The molecule has 1 heterocycles. The zero-order chi connectivity index (χ0) is 21.7. The fraction of sp³-hybridized carbons (Fsp3) is 0.333. The van der Waals surface area contributed by atoms with Crippen LogP contribution in [0.2, 0.25) is 0 Å². The van der Waals surface area contributed by atoms with Crippen LogP contribution in [0.4, 0.5) is 0 Å². The van der Waals surface area contributed by atoms with Crippen LogP contribution in [-0.2, 0) is 4.74 Å². The molecule has 1 aliphatic carbocycles. The van der Waals surface area contributed by atoms with E-state index in [2.05, 4.69) is 0 Å². The van der Waals surface area contributed by atoms with Gasteiger partial charge in [0.1, 0.15) is 35.9 Å². The second-order valence-corrected chi connectivity index (χ2v) is 7.36. The van der Waals surface area contributed by atoms with Crippen LogP contribution < -0.4 is 4.74 Å². The zero-order valence-electron chi connectivity index (χ0n) is 15.8. The molecule has 9 nitrogen and oxygen atoms in total. The fourth-order valence-electron chi connectivity index (χ4n) is 3.79. The van der Waals surface area contributed by atoms with E-state index in [1.54, 1.807) is 6.92 Å².